The van der Waals surface area contributed by atoms with E-state index in [4.69, 9.17) is 10.8 Å². The maximum Gasteiger partial charge on any atom is 0.304 e. The summed E-state index contributed by atoms with van der Waals surface area (Å²) in [5, 5.41) is 8.46. The molecule has 0 spiro atoms. The summed E-state index contributed by atoms with van der Waals surface area (Å²) in [5.41, 5.74) is 7.61. The first-order valence-corrected chi connectivity index (χ1v) is 5.29. The Morgan fingerprint density at radius 2 is 2.29 bits per heavy atom. The lowest BCUT2D eigenvalue weighted by atomic mass is 10.2. The number of aliphatic carboxylic acids is 1. The number of carbonyl (C=O) groups is 1. The van der Waals surface area contributed by atoms with Crippen LogP contribution in [0, 0.1) is 6.92 Å². The fourth-order valence-electron chi connectivity index (χ4n) is 1.05. The fraction of sp³-hybridized carbons (Fsp3) is 0.300. The van der Waals surface area contributed by atoms with E-state index in [-0.39, 0.29) is 6.42 Å². The molecule has 0 saturated carbocycles. The third kappa shape index (κ3) is 3.30. The van der Waals surface area contributed by atoms with Gasteiger partial charge in [-0.1, -0.05) is 6.07 Å². The van der Waals surface area contributed by atoms with Gasteiger partial charge in [0.25, 0.3) is 0 Å². The zero-order valence-corrected chi connectivity index (χ0v) is 8.80. The molecule has 0 atom stereocenters. The molecule has 0 fully saturated rings. The predicted molar refractivity (Wildman–Crippen MR) is 58.6 cm³/mol. The second-order valence-electron chi connectivity index (χ2n) is 3.03. The molecular weight excluding hydrogens is 198 g/mol. The van der Waals surface area contributed by atoms with Crippen molar-refractivity contribution in [2.75, 3.05) is 11.5 Å². The van der Waals surface area contributed by atoms with Gasteiger partial charge in [0.2, 0.25) is 0 Å². The summed E-state index contributed by atoms with van der Waals surface area (Å²) in [6, 6.07) is 5.79. The Hall–Kier alpha value is -1.16. The molecule has 0 heterocycles. The van der Waals surface area contributed by atoms with Crippen molar-refractivity contribution in [1.29, 1.82) is 0 Å². The van der Waals surface area contributed by atoms with Crippen LogP contribution in [-0.4, -0.2) is 16.8 Å². The summed E-state index contributed by atoms with van der Waals surface area (Å²) in [6.07, 6.45) is 0.165. The van der Waals surface area contributed by atoms with Crippen molar-refractivity contribution in [1.82, 2.24) is 0 Å². The topological polar surface area (TPSA) is 63.3 Å². The average molecular weight is 211 g/mol. The third-order valence-corrected chi connectivity index (χ3v) is 2.83. The smallest absolute Gasteiger partial charge is 0.304 e. The zero-order chi connectivity index (χ0) is 10.6. The Kier molecular flexibility index (Phi) is 3.83. The molecule has 0 bridgehead atoms. The SMILES string of the molecule is Cc1ccc(SCCC(=O)O)c(N)c1. The number of carboxylic acids is 1. The average Bonchev–Trinajstić information content (AvgIpc) is 2.08. The van der Waals surface area contributed by atoms with Gasteiger partial charge in [0.05, 0.1) is 6.42 Å². The van der Waals surface area contributed by atoms with Gasteiger partial charge in [-0.05, 0) is 24.6 Å². The Morgan fingerprint density at radius 1 is 1.57 bits per heavy atom. The van der Waals surface area contributed by atoms with Crippen molar-refractivity contribution in [2.45, 2.75) is 18.2 Å². The maximum absolute atomic E-state index is 10.3. The van der Waals surface area contributed by atoms with Crippen molar-refractivity contribution < 1.29 is 9.90 Å². The third-order valence-electron chi connectivity index (χ3n) is 1.74. The van der Waals surface area contributed by atoms with Gasteiger partial charge in [-0.2, -0.15) is 0 Å². The van der Waals surface area contributed by atoms with Crippen molar-refractivity contribution in [3.8, 4) is 0 Å². The zero-order valence-electron chi connectivity index (χ0n) is 7.99. The van der Waals surface area contributed by atoms with Gasteiger partial charge in [-0.15, -0.1) is 11.8 Å². The van der Waals surface area contributed by atoms with Crippen molar-refractivity contribution in [3.63, 3.8) is 0 Å². The molecule has 1 rings (SSSR count). The minimum atomic E-state index is -0.775. The lowest BCUT2D eigenvalue weighted by Gasteiger charge is -2.04. The number of anilines is 1. The monoisotopic (exact) mass is 211 g/mol. The van der Waals surface area contributed by atoms with Crippen LogP contribution in [0.1, 0.15) is 12.0 Å². The number of aryl methyl sites for hydroxylation is 1. The molecule has 0 aromatic heterocycles. The normalized spacial score (nSPS) is 10.1. The molecule has 14 heavy (non-hydrogen) atoms. The molecule has 1 aromatic rings. The fourth-order valence-corrected chi connectivity index (χ4v) is 1.93. The highest BCUT2D eigenvalue weighted by Gasteiger charge is 2.02. The van der Waals surface area contributed by atoms with Crippen molar-refractivity contribution in [3.05, 3.63) is 23.8 Å². The largest absolute Gasteiger partial charge is 0.481 e. The lowest BCUT2D eigenvalue weighted by Crippen LogP contribution is -1.96. The first-order valence-electron chi connectivity index (χ1n) is 4.30. The van der Waals surface area contributed by atoms with E-state index in [9.17, 15) is 4.79 Å². The number of rotatable bonds is 4. The Balaban J connectivity index is 2.55. The van der Waals surface area contributed by atoms with Gasteiger partial charge >= 0.3 is 5.97 Å². The van der Waals surface area contributed by atoms with Gasteiger partial charge < -0.3 is 10.8 Å². The van der Waals surface area contributed by atoms with E-state index in [0.29, 0.717) is 5.75 Å². The van der Waals surface area contributed by atoms with Gasteiger partial charge in [0, 0.05) is 16.3 Å². The standard InChI is InChI=1S/C10H13NO2S/c1-7-2-3-9(8(11)6-7)14-5-4-10(12)13/h2-3,6H,4-5,11H2,1H3,(H,12,13). The van der Waals surface area contributed by atoms with E-state index in [2.05, 4.69) is 0 Å². The molecular formula is C10H13NO2S. The number of hydrogen-bond donors (Lipinski definition) is 2. The van der Waals surface area contributed by atoms with Gasteiger partial charge in [-0.25, -0.2) is 0 Å². The number of thioether (sulfide) groups is 1. The predicted octanol–water partition coefficient (Wildman–Crippen LogP) is 2.14. The molecule has 1 aromatic carbocycles. The van der Waals surface area contributed by atoms with Crippen LogP contribution in [0.2, 0.25) is 0 Å². The molecule has 0 amide bonds. The molecule has 3 nitrogen and oxygen atoms in total. The van der Waals surface area contributed by atoms with E-state index in [1.54, 1.807) is 0 Å². The molecule has 0 aliphatic rings. The van der Waals surface area contributed by atoms with Crippen LogP contribution < -0.4 is 5.73 Å². The molecule has 0 aliphatic heterocycles. The first-order chi connectivity index (χ1) is 6.59. The van der Waals surface area contributed by atoms with Crippen LogP contribution in [0.3, 0.4) is 0 Å². The number of hydrogen-bond acceptors (Lipinski definition) is 3. The van der Waals surface area contributed by atoms with E-state index in [1.165, 1.54) is 11.8 Å². The van der Waals surface area contributed by atoms with E-state index in [0.717, 1.165) is 16.1 Å². The molecule has 76 valence electrons. The Morgan fingerprint density at radius 3 is 2.86 bits per heavy atom. The Bertz CT molecular complexity index is 339. The molecule has 3 N–H and O–H groups in total. The molecule has 4 heteroatoms. The second kappa shape index (κ2) is 4.91. The van der Waals surface area contributed by atoms with Crippen LogP contribution in [0.15, 0.2) is 23.1 Å². The quantitative estimate of drug-likeness (QED) is 0.591. The summed E-state index contributed by atoms with van der Waals surface area (Å²) >= 11 is 1.48. The van der Waals surface area contributed by atoms with Crippen LogP contribution in [0.25, 0.3) is 0 Å². The van der Waals surface area contributed by atoms with Gasteiger partial charge in [0.1, 0.15) is 0 Å². The highest BCUT2D eigenvalue weighted by atomic mass is 32.2. The van der Waals surface area contributed by atoms with Crippen LogP contribution in [0.4, 0.5) is 5.69 Å². The van der Waals surface area contributed by atoms with Crippen LogP contribution in [0.5, 0.6) is 0 Å². The molecule has 0 saturated heterocycles. The summed E-state index contributed by atoms with van der Waals surface area (Å²) in [6.45, 7) is 1.97. The molecule has 0 aliphatic carbocycles. The maximum atomic E-state index is 10.3. The number of nitrogen functional groups attached to an aromatic ring is 1. The Labute approximate surface area is 87.3 Å². The number of benzene rings is 1. The molecule has 0 radical (unpaired) electrons. The highest BCUT2D eigenvalue weighted by Crippen LogP contribution is 2.26. The van der Waals surface area contributed by atoms with Crippen molar-refractivity contribution in [2.24, 2.45) is 0 Å². The second-order valence-corrected chi connectivity index (χ2v) is 4.17. The number of carboxylic acid groups (broad SMARTS) is 1. The minimum Gasteiger partial charge on any atom is -0.481 e. The summed E-state index contributed by atoms with van der Waals surface area (Å²) in [7, 11) is 0. The van der Waals surface area contributed by atoms with Gasteiger partial charge in [0.15, 0.2) is 0 Å². The van der Waals surface area contributed by atoms with Crippen LogP contribution >= 0.6 is 11.8 Å². The first kappa shape index (κ1) is 10.9. The summed E-state index contributed by atoms with van der Waals surface area (Å²) < 4.78 is 0. The summed E-state index contributed by atoms with van der Waals surface area (Å²) in [4.78, 5) is 11.2. The van der Waals surface area contributed by atoms with E-state index in [1.807, 2.05) is 25.1 Å². The summed E-state index contributed by atoms with van der Waals surface area (Å²) in [5.74, 6) is -0.217. The van der Waals surface area contributed by atoms with Gasteiger partial charge in [-0.3, -0.25) is 4.79 Å². The minimum absolute atomic E-state index is 0.165. The van der Waals surface area contributed by atoms with Crippen LogP contribution in [-0.2, 0) is 4.79 Å². The molecule has 0 unspecified atom stereocenters. The van der Waals surface area contributed by atoms with Crippen molar-refractivity contribution >= 4 is 23.4 Å². The van der Waals surface area contributed by atoms with E-state index >= 15 is 0 Å². The number of nitrogens with two attached hydrogens (primary N) is 1. The van der Waals surface area contributed by atoms with E-state index < -0.39 is 5.97 Å². The lowest BCUT2D eigenvalue weighted by molar-refractivity contribution is -0.136. The highest BCUT2D eigenvalue weighted by molar-refractivity contribution is 7.99.